The molecule has 24 nitrogen and oxygen atoms in total. The summed E-state index contributed by atoms with van der Waals surface area (Å²) in [5.74, 6) is 0.569. The highest BCUT2D eigenvalue weighted by Gasteiger charge is 2.71. The van der Waals surface area contributed by atoms with E-state index in [1.54, 1.807) is 0 Å². The molecule has 0 spiro atoms. The number of carbonyl (C=O) groups excluding carboxylic acids is 1. The number of ether oxygens (including phenoxy) is 8. The molecule has 4 aliphatic heterocycles. The normalized spacial score (nSPS) is 52.4. The molecule has 0 radical (unpaired) electrons. The SMILES string of the molecule is C[C@H](CC[C@@H](O[C@@H]1O[C@H](C=O)[C@@H](O[C@@H]2O[C@H](CO)[C@@H](O)[C@H](O)[C@H]2O)[C@H](O)[C@H]1O[C@@H]1O[C@H](CO)[C@@H](O)[C@H](O)[C@H]1O)C(C)(C)O)C1CC[C@@]2(C)C3CCC4C(CC[C@H](O[C@@H]5O[C@H](CO)[C@@H](O)[C@H](O)[C@H]5O)C4(C)C)[C@]3(C)[C@H](O)C[C@]12C. The summed E-state index contributed by atoms with van der Waals surface area (Å²) in [6.07, 6.45) is -29.7. The Morgan fingerprint density at radius 3 is 1.54 bits per heavy atom. The highest BCUT2D eigenvalue weighted by atomic mass is 16.8. The first-order valence-corrected chi connectivity index (χ1v) is 28.2. The van der Waals surface area contributed by atoms with Gasteiger partial charge in [0.2, 0.25) is 0 Å². The Balaban J connectivity index is 0.983. The Labute approximate surface area is 455 Å². The molecule has 4 unspecified atom stereocenters. The Kier molecular flexibility index (Phi) is 19.0. The Morgan fingerprint density at radius 1 is 0.564 bits per heavy atom. The molecule has 4 saturated heterocycles. The number of hydrogen-bond donors (Lipinski definition) is 15. The zero-order valence-corrected chi connectivity index (χ0v) is 46.1. The van der Waals surface area contributed by atoms with Crippen LogP contribution in [0.2, 0.25) is 0 Å². The van der Waals surface area contributed by atoms with Gasteiger partial charge in [-0.2, -0.15) is 0 Å². The van der Waals surface area contributed by atoms with E-state index in [1.807, 2.05) is 0 Å². The second-order valence-corrected chi connectivity index (χ2v) is 26.2. The molecule has 0 bridgehead atoms. The van der Waals surface area contributed by atoms with Crippen LogP contribution in [0.25, 0.3) is 0 Å². The molecule has 4 saturated carbocycles. The average molecular weight is 1130 g/mol. The Hall–Kier alpha value is -1.25. The molecule has 8 aliphatic rings. The van der Waals surface area contributed by atoms with Crippen LogP contribution in [0, 0.1) is 51.2 Å². The van der Waals surface area contributed by atoms with E-state index in [1.165, 1.54) is 13.8 Å². The molecule has 4 heterocycles. The van der Waals surface area contributed by atoms with Gasteiger partial charge in [0.05, 0.1) is 43.7 Å². The minimum absolute atomic E-state index is 0.00479. The molecule has 24 heteroatoms. The van der Waals surface area contributed by atoms with Crippen LogP contribution in [0.4, 0.5) is 0 Å². The summed E-state index contributed by atoms with van der Waals surface area (Å²) in [5, 5.41) is 162. The van der Waals surface area contributed by atoms with Gasteiger partial charge >= 0.3 is 0 Å². The lowest BCUT2D eigenvalue weighted by molar-refractivity contribution is -0.387. The fourth-order valence-electron chi connectivity index (χ4n) is 16.3. The van der Waals surface area contributed by atoms with Crippen LogP contribution >= 0.6 is 0 Å². The van der Waals surface area contributed by atoms with Gasteiger partial charge in [0.25, 0.3) is 0 Å². The first-order valence-electron chi connectivity index (χ1n) is 28.2. The first-order chi connectivity index (χ1) is 36.5. The number of carbonyl (C=O) groups is 1. The van der Waals surface area contributed by atoms with Gasteiger partial charge in [0, 0.05) is 0 Å². The Bertz CT molecular complexity index is 1990. The molecule has 0 aromatic rings. The van der Waals surface area contributed by atoms with Crippen molar-refractivity contribution >= 4 is 6.29 Å². The van der Waals surface area contributed by atoms with Crippen molar-refractivity contribution in [3.63, 3.8) is 0 Å². The number of fused-ring (bicyclic) bond motifs is 5. The van der Waals surface area contributed by atoms with Crippen LogP contribution in [0.5, 0.6) is 0 Å². The molecular formula is C54H92O24. The van der Waals surface area contributed by atoms with E-state index >= 15 is 0 Å². The van der Waals surface area contributed by atoms with E-state index in [-0.39, 0.29) is 59.2 Å². The monoisotopic (exact) mass is 1120 g/mol. The summed E-state index contributed by atoms with van der Waals surface area (Å²) >= 11 is 0. The first kappa shape index (κ1) is 62.8. The van der Waals surface area contributed by atoms with E-state index in [2.05, 4.69) is 41.5 Å². The molecule has 452 valence electrons. The van der Waals surface area contributed by atoms with E-state index in [4.69, 9.17) is 37.9 Å². The molecule has 0 aromatic carbocycles. The van der Waals surface area contributed by atoms with Crippen LogP contribution in [-0.4, -0.2) is 249 Å². The van der Waals surface area contributed by atoms with Gasteiger partial charge in [0.15, 0.2) is 31.4 Å². The van der Waals surface area contributed by atoms with Crippen molar-refractivity contribution in [3.8, 4) is 0 Å². The number of aliphatic hydroxyl groups excluding tert-OH is 14. The van der Waals surface area contributed by atoms with Crippen molar-refractivity contribution in [2.45, 2.75) is 260 Å². The third-order valence-electron chi connectivity index (χ3n) is 21.3. The number of aldehydes is 1. The van der Waals surface area contributed by atoms with Crippen molar-refractivity contribution < 1.29 is 119 Å². The van der Waals surface area contributed by atoms with Crippen molar-refractivity contribution in [3.05, 3.63) is 0 Å². The lowest BCUT2D eigenvalue weighted by Crippen LogP contribution is -2.67. The molecule has 0 aromatic heterocycles. The molecular weight excluding hydrogens is 1030 g/mol. The third-order valence-corrected chi connectivity index (χ3v) is 21.3. The molecule has 0 amide bonds. The van der Waals surface area contributed by atoms with Crippen LogP contribution in [-0.2, 0) is 42.7 Å². The van der Waals surface area contributed by atoms with Crippen molar-refractivity contribution in [2.24, 2.45) is 51.2 Å². The van der Waals surface area contributed by atoms with Crippen molar-refractivity contribution in [1.29, 1.82) is 0 Å². The van der Waals surface area contributed by atoms with Gasteiger partial charge in [-0.1, -0.05) is 41.5 Å². The predicted molar refractivity (Wildman–Crippen MR) is 267 cm³/mol. The van der Waals surface area contributed by atoms with Crippen LogP contribution in [0.3, 0.4) is 0 Å². The maximum Gasteiger partial charge on any atom is 0.187 e. The van der Waals surface area contributed by atoms with Crippen LogP contribution < -0.4 is 0 Å². The zero-order chi connectivity index (χ0) is 57.5. The van der Waals surface area contributed by atoms with Gasteiger partial charge in [-0.3, -0.25) is 0 Å². The second-order valence-electron chi connectivity index (χ2n) is 26.2. The Morgan fingerprint density at radius 2 is 1.05 bits per heavy atom. The smallest absolute Gasteiger partial charge is 0.187 e. The van der Waals surface area contributed by atoms with Gasteiger partial charge in [-0.15, -0.1) is 0 Å². The van der Waals surface area contributed by atoms with E-state index in [9.17, 15) is 81.4 Å². The molecule has 31 atom stereocenters. The molecule has 8 fully saturated rings. The topological polar surface area (TPSA) is 394 Å². The second kappa shape index (κ2) is 23.7. The number of aliphatic hydroxyl groups is 15. The summed E-state index contributed by atoms with van der Waals surface area (Å²) in [5.41, 5.74) is -3.00. The lowest BCUT2D eigenvalue weighted by atomic mass is 9.36. The minimum atomic E-state index is -2.01. The minimum Gasteiger partial charge on any atom is -0.394 e. The van der Waals surface area contributed by atoms with Crippen LogP contribution in [0.15, 0.2) is 0 Å². The summed E-state index contributed by atoms with van der Waals surface area (Å²) < 4.78 is 47.9. The maximum absolute atomic E-state index is 12.8. The quantitative estimate of drug-likeness (QED) is 0.0512. The van der Waals surface area contributed by atoms with Crippen molar-refractivity contribution in [1.82, 2.24) is 0 Å². The van der Waals surface area contributed by atoms with E-state index in [0.29, 0.717) is 19.3 Å². The largest absolute Gasteiger partial charge is 0.394 e. The molecule has 8 rings (SSSR count). The highest BCUT2D eigenvalue weighted by Crippen LogP contribution is 2.76. The average Bonchev–Trinajstić information content (AvgIpc) is 3.12. The summed E-state index contributed by atoms with van der Waals surface area (Å²) in [7, 11) is 0. The predicted octanol–water partition coefficient (Wildman–Crippen LogP) is -2.95. The van der Waals surface area contributed by atoms with E-state index < -0.39 is 171 Å². The van der Waals surface area contributed by atoms with Gasteiger partial charge in [-0.25, -0.2) is 0 Å². The lowest BCUT2D eigenvalue weighted by Gasteiger charge is -2.69. The highest BCUT2D eigenvalue weighted by molar-refractivity contribution is 5.57. The number of rotatable bonds is 17. The summed E-state index contributed by atoms with van der Waals surface area (Å²) in [6.45, 7) is 14.2. The molecule has 4 aliphatic carbocycles. The maximum atomic E-state index is 12.8. The molecule has 15 N–H and O–H groups in total. The van der Waals surface area contributed by atoms with Crippen molar-refractivity contribution in [2.75, 3.05) is 19.8 Å². The summed E-state index contributed by atoms with van der Waals surface area (Å²) in [4.78, 5) is 12.8. The third kappa shape index (κ3) is 10.8. The molecule has 78 heavy (non-hydrogen) atoms. The fraction of sp³-hybridized carbons (Fsp3) is 0.981. The van der Waals surface area contributed by atoms with Crippen LogP contribution in [0.1, 0.15) is 113 Å². The number of hydrogen-bond acceptors (Lipinski definition) is 24. The standard InChI is InChI=1S/C54H92O24/c1-22(23-15-16-52(6)30-12-10-24-25(54(30,8)31(59)17-53(23,52)7)11-14-32(50(24,2)3)75-46-40(66)37(63)34(60)26(18-55)71-46)9-13-33(51(4,5)70)76-49-45(78-48-42(68)39(65)36(62)28(20-57)73-48)43(69)44(29(21-58)74-49)77-47-41(67)38(64)35(61)27(19-56)72-47/h21-49,55-57,59-70H,9-20H2,1-8H3/t22-,23?,24?,25?,26-,27-,28-,29-,30?,31-,32+,33-,34-,35-,36-,37+,38+,39+,40-,41-,42-,43+,44-,45-,46+,47+,48+,49+,52+,53-,54+/m1/s1. The summed E-state index contributed by atoms with van der Waals surface area (Å²) in [6, 6.07) is 0. The van der Waals surface area contributed by atoms with Gasteiger partial charge in [-0.05, 0) is 123 Å². The fourth-order valence-corrected chi connectivity index (χ4v) is 16.3. The van der Waals surface area contributed by atoms with E-state index in [0.717, 1.165) is 32.1 Å². The van der Waals surface area contributed by atoms with Gasteiger partial charge in [0.1, 0.15) is 97.7 Å². The zero-order valence-electron chi connectivity index (χ0n) is 46.1. The van der Waals surface area contributed by atoms with Gasteiger partial charge < -0.3 is 119 Å².